The largest absolute Gasteiger partial charge is 0.444 e. The standard InChI is InChI=1S/C12H23NO3/c1-8-6-10(7-14)13(9(8)2)11(15)16-12(3,4)5/h8-10,14H,6-7H2,1-5H3/t8-,9?,10-/m0/s1. The van der Waals surface area contributed by atoms with Crippen LogP contribution in [0.2, 0.25) is 0 Å². The van der Waals surface area contributed by atoms with E-state index in [1.165, 1.54) is 0 Å². The summed E-state index contributed by atoms with van der Waals surface area (Å²) < 4.78 is 5.35. The number of likely N-dealkylation sites (tertiary alicyclic amines) is 1. The lowest BCUT2D eigenvalue weighted by atomic mass is 10.0. The van der Waals surface area contributed by atoms with Crippen molar-refractivity contribution in [3.63, 3.8) is 0 Å². The summed E-state index contributed by atoms with van der Waals surface area (Å²) in [4.78, 5) is 13.7. The Kier molecular flexibility index (Phi) is 3.84. The van der Waals surface area contributed by atoms with Gasteiger partial charge in [0.25, 0.3) is 0 Å². The minimum atomic E-state index is -0.483. The van der Waals surface area contributed by atoms with Gasteiger partial charge in [0.2, 0.25) is 0 Å². The lowest BCUT2D eigenvalue weighted by Gasteiger charge is -2.31. The van der Waals surface area contributed by atoms with Crippen molar-refractivity contribution in [1.29, 1.82) is 0 Å². The first-order valence-corrected chi connectivity index (χ1v) is 5.88. The van der Waals surface area contributed by atoms with Crippen molar-refractivity contribution in [3.05, 3.63) is 0 Å². The molecule has 0 aromatic heterocycles. The number of ether oxygens (including phenoxy) is 1. The van der Waals surface area contributed by atoms with Crippen molar-refractivity contribution in [2.24, 2.45) is 5.92 Å². The van der Waals surface area contributed by atoms with Crippen LogP contribution in [0, 0.1) is 5.92 Å². The van der Waals surface area contributed by atoms with Crippen molar-refractivity contribution >= 4 is 6.09 Å². The first kappa shape index (κ1) is 13.3. The average molecular weight is 229 g/mol. The van der Waals surface area contributed by atoms with E-state index < -0.39 is 5.60 Å². The molecule has 0 spiro atoms. The summed E-state index contributed by atoms with van der Waals surface area (Å²) in [5.74, 6) is 0.407. The van der Waals surface area contributed by atoms with Crippen molar-refractivity contribution in [1.82, 2.24) is 4.90 Å². The Morgan fingerprint density at radius 2 is 2.00 bits per heavy atom. The third-order valence-corrected chi connectivity index (χ3v) is 3.11. The van der Waals surface area contributed by atoms with Gasteiger partial charge in [-0.05, 0) is 40.0 Å². The number of amides is 1. The molecule has 0 aromatic carbocycles. The van der Waals surface area contributed by atoms with Gasteiger partial charge in [0.05, 0.1) is 12.6 Å². The number of hydrogen-bond acceptors (Lipinski definition) is 3. The Balaban J connectivity index is 2.73. The highest BCUT2D eigenvalue weighted by Crippen LogP contribution is 2.30. The van der Waals surface area contributed by atoms with Gasteiger partial charge >= 0.3 is 6.09 Å². The minimum absolute atomic E-state index is 0.00786. The van der Waals surface area contributed by atoms with E-state index in [1.54, 1.807) is 4.90 Å². The maximum Gasteiger partial charge on any atom is 0.410 e. The zero-order valence-electron chi connectivity index (χ0n) is 10.9. The van der Waals surface area contributed by atoms with Gasteiger partial charge in [0, 0.05) is 6.04 Å². The van der Waals surface area contributed by atoms with E-state index in [0.29, 0.717) is 5.92 Å². The summed E-state index contributed by atoms with van der Waals surface area (Å²) in [7, 11) is 0. The van der Waals surface area contributed by atoms with Gasteiger partial charge in [-0.2, -0.15) is 0 Å². The molecule has 0 bridgehead atoms. The number of carbonyl (C=O) groups is 1. The second kappa shape index (κ2) is 4.62. The molecule has 1 aliphatic rings. The van der Waals surface area contributed by atoms with Crippen LogP contribution in [-0.2, 0) is 4.74 Å². The van der Waals surface area contributed by atoms with E-state index in [0.717, 1.165) is 6.42 Å². The van der Waals surface area contributed by atoms with Gasteiger partial charge in [-0.25, -0.2) is 4.79 Å². The van der Waals surface area contributed by atoms with E-state index in [1.807, 2.05) is 27.7 Å². The molecule has 1 heterocycles. The molecule has 1 unspecified atom stereocenters. The molecule has 0 radical (unpaired) electrons. The maximum absolute atomic E-state index is 12.0. The van der Waals surface area contributed by atoms with Crippen molar-refractivity contribution in [2.45, 2.75) is 58.7 Å². The van der Waals surface area contributed by atoms with E-state index in [4.69, 9.17) is 4.74 Å². The highest BCUT2D eigenvalue weighted by molar-refractivity contribution is 5.69. The number of carbonyl (C=O) groups excluding carboxylic acids is 1. The molecule has 0 aliphatic carbocycles. The van der Waals surface area contributed by atoms with Crippen LogP contribution >= 0.6 is 0 Å². The molecule has 1 rings (SSSR count). The van der Waals surface area contributed by atoms with Gasteiger partial charge in [-0.15, -0.1) is 0 Å². The fourth-order valence-electron chi connectivity index (χ4n) is 2.14. The van der Waals surface area contributed by atoms with Crippen LogP contribution in [0.5, 0.6) is 0 Å². The zero-order chi connectivity index (χ0) is 12.5. The van der Waals surface area contributed by atoms with E-state index in [2.05, 4.69) is 6.92 Å². The van der Waals surface area contributed by atoms with Crippen molar-refractivity contribution < 1.29 is 14.6 Å². The van der Waals surface area contributed by atoms with Crippen LogP contribution in [0.1, 0.15) is 41.0 Å². The molecule has 0 saturated carbocycles. The Morgan fingerprint density at radius 1 is 1.44 bits per heavy atom. The lowest BCUT2D eigenvalue weighted by Crippen LogP contribution is -2.45. The average Bonchev–Trinajstić information content (AvgIpc) is 2.40. The van der Waals surface area contributed by atoms with E-state index in [-0.39, 0.29) is 24.8 Å². The minimum Gasteiger partial charge on any atom is -0.444 e. The summed E-state index contributed by atoms with van der Waals surface area (Å²) in [6.45, 7) is 9.66. The molecule has 94 valence electrons. The topological polar surface area (TPSA) is 49.8 Å². The molecule has 3 atom stereocenters. The molecule has 1 saturated heterocycles. The molecular formula is C12H23NO3. The first-order chi connectivity index (χ1) is 7.26. The highest BCUT2D eigenvalue weighted by Gasteiger charge is 2.40. The Bertz CT molecular complexity index is 259. The van der Waals surface area contributed by atoms with Gasteiger partial charge in [-0.3, -0.25) is 4.90 Å². The second-order valence-corrected chi connectivity index (χ2v) is 5.68. The second-order valence-electron chi connectivity index (χ2n) is 5.68. The SMILES string of the molecule is CC1[C@@H](C)C[C@@H](CO)N1C(=O)OC(C)(C)C. The molecule has 1 fully saturated rings. The molecular weight excluding hydrogens is 206 g/mol. The number of hydrogen-bond donors (Lipinski definition) is 1. The number of rotatable bonds is 1. The summed E-state index contributed by atoms with van der Waals surface area (Å²) in [5, 5.41) is 9.27. The van der Waals surface area contributed by atoms with Crippen LogP contribution < -0.4 is 0 Å². The van der Waals surface area contributed by atoms with Gasteiger partial charge in [-0.1, -0.05) is 6.92 Å². The fourth-order valence-corrected chi connectivity index (χ4v) is 2.14. The molecule has 1 amide bonds. The third-order valence-electron chi connectivity index (χ3n) is 3.11. The fraction of sp³-hybridized carbons (Fsp3) is 0.917. The molecule has 1 N–H and O–H groups in total. The smallest absolute Gasteiger partial charge is 0.410 e. The molecule has 4 heteroatoms. The number of aliphatic hydroxyl groups excluding tert-OH is 1. The Morgan fingerprint density at radius 3 is 2.44 bits per heavy atom. The summed E-state index contributed by atoms with van der Waals surface area (Å²) in [5.41, 5.74) is -0.483. The van der Waals surface area contributed by atoms with Gasteiger partial charge in [0.15, 0.2) is 0 Å². The van der Waals surface area contributed by atoms with Gasteiger partial charge in [0.1, 0.15) is 5.60 Å². The van der Waals surface area contributed by atoms with Crippen molar-refractivity contribution in [3.8, 4) is 0 Å². The lowest BCUT2D eigenvalue weighted by molar-refractivity contribution is 0.00953. The van der Waals surface area contributed by atoms with Crippen molar-refractivity contribution in [2.75, 3.05) is 6.61 Å². The van der Waals surface area contributed by atoms with Crippen LogP contribution in [-0.4, -0.2) is 40.4 Å². The molecule has 0 aromatic rings. The van der Waals surface area contributed by atoms with Gasteiger partial charge < -0.3 is 9.84 Å². The number of aliphatic hydroxyl groups is 1. The summed E-state index contributed by atoms with van der Waals surface area (Å²) >= 11 is 0. The predicted molar refractivity (Wildman–Crippen MR) is 62.2 cm³/mol. The van der Waals surface area contributed by atoms with Crippen LogP contribution in [0.4, 0.5) is 4.79 Å². The zero-order valence-corrected chi connectivity index (χ0v) is 10.9. The normalized spacial score (nSPS) is 30.6. The van der Waals surface area contributed by atoms with E-state index in [9.17, 15) is 9.90 Å². The molecule has 1 aliphatic heterocycles. The predicted octanol–water partition coefficient (Wildman–Crippen LogP) is 2.01. The summed E-state index contributed by atoms with van der Waals surface area (Å²) in [6, 6.07) is 0.0341. The van der Waals surface area contributed by atoms with E-state index >= 15 is 0 Å². The third kappa shape index (κ3) is 2.88. The van der Waals surface area contributed by atoms with Crippen LogP contribution in [0.3, 0.4) is 0 Å². The Hall–Kier alpha value is -0.770. The summed E-state index contributed by atoms with van der Waals surface area (Å²) in [6.07, 6.45) is 0.528. The highest BCUT2D eigenvalue weighted by atomic mass is 16.6. The monoisotopic (exact) mass is 229 g/mol. The first-order valence-electron chi connectivity index (χ1n) is 5.88. The number of nitrogens with zero attached hydrogens (tertiary/aromatic N) is 1. The molecule has 16 heavy (non-hydrogen) atoms. The molecule has 4 nitrogen and oxygen atoms in total. The van der Waals surface area contributed by atoms with Crippen LogP contribution in [0.15, 0.2) is 0 Å². The maximum atomic E-state index is 12.0. The van der Waals surface area contributed by atoms with Crippen LogP contribution in [0.25, 0.3) is 0 Å². The quantitative estimate of drug-likeness (QED) is 0.748. The Labute approximate surface area is 97.6 Å².